The highest BCUT2D eigenvalue weighted by molar-refractivity contribution is 5.80. The number of phenolic OH excluding ortho intramolecular Hbond substituents is 1. The van der Waals surface area contributed by atoms with Gasteiger partial charge in [0.1, 0.15) is 11.5 Å². The molecule has 2 rings (SSSR count). The van der Waals surface area contributed by atoms with E-state index in [0.717, 1.165) is 17.7 Å². The molecule has 2 atom stereocenters. The molecule has 2 aromatic carbocycles. The minimum Gasteiger partial charge on any atom is -0.508 e. The third-order valence-corrected chi connectivity index (χ3v) is 4.80. The maximum absolute atomic E-state index is 13.3. The van der Waals surface area contributed by atoms with Gasteiger partial charge in [0, 0.05) is 24.4 Å². The molecule has 2 aromatic rings. The fourth-order valence-corrected chi connectivity index (χ4v) is 3.13. The smallest absolute Gasteiger partial charge is 0.417 e. The number of hydrogen-bond donors (Lipinski definition) is 3. The summed E-state index contributed by atoms with van der Waals surface area (Å²) < 4.78 is 45.7. The molecule has 0 saturated heterocycles. The van der Waals surface area contributed by atoms with Crippen LogP contribution in [0.25, 0.3) is 0 Å². The lowest BCUT2D eigenvalue weighted by Crippen LogP contribution is -2.48. The molecule has 30 heavy (non-hydrogen) atoms. The van der Waals surface area contributed by atoms with Gasteiger partial charge in [-0.3, -0.25) is 4.79 Å². The normalized spacial score (nSPS) is 14.6. The zero-order chi connectivity index (χ0) is 22.4. The van der Waals surface area contributed by atoms with Gasteiger partial charge >= 0.3 is 6.18 Å². The number of ether oxygens (including phenoxy) is 1. The van der Waals surface area contributed by atoms with Crippen molar-refractivity contribution in [2.45, 2.75) is 44.5 Å². The topological polar surface area (TPSA) is 82.4 Å². The maximum atomic E-state index is 13.3. The predicted molar refractivity (Wildman–Crippen MR) is 108 cm³/mol. The SMILES string of the molecule is CCCC(C=O)(CNC(C)c1ccc(O)cc1)Oc1ccc(C=N)c(C(F)(F)F)c1. The van der Waals surface area contributed by atoms with Gasteiger partial charge in [0.15, 0.2) is 11.9 Å². The Morgan fingerprint density at radius 3 is 2.40 bits per heavy atom. The van der Waals surface area contributed by atoms with Gasteiger partial charge in [0.25, 0.3) is 0 Å². The third kappa shape index (κ3) is 5.82. The van der Waals surface area contributed by atoms with E-state index in [0.29, 0.717) is 25.3 Å². The molecule has 2 unspecified atom stereocenters. The lowest BCUT2D eigenvalue weighted by Gasteiger charge is -2.31. The van der Waals surface area contributed by atoms with E-state index >= 15 is 0 Å². The molecule has 0 fully saturated rings. The number of carbonyl (C=O) groups excluding carboxylic acids is 1. The molecule has 5 nitrogen and oxygen atoms in total. The minimum atomic E-state index is -4.65. The molecule has 8 heteroatoms. The number of rotatable bonds is 10. The van der Waals surface area contributed by atoms with E-state index in [2.05, 4.69) is 5.32 Å². The Kier molecular flexibility index (Phi) is 7.61. The molecule has 0 amide bonds. The molecule has 0 aliphatic rings. The fraction of sp³-hybridized carbons (Fsp3) is 0.364. The average Bonchev–Trinajstić information content (AvgIpc) is 2.71. The molecule has 0 saturated carbocycles. The van der Waals surface area contributed by atoms with E-state index in [4.69, 9.17) is 10.1 Å². The van der Waals surface area contributed by atoms with Crippen LogP contribution in [0.3, 0.4) is 0 Å². The van der Waals surface area contributed by atoms with E-state index in [9.17, 15) is 23.1 Å². The summed E-state index contributed by atoms with van der Waals surface area (Å²) in [5.41, 5.74) is -1.74. The Hall–Kier alpha value is -2.87. The molecule has 0 aromatic heterocycles. The second-order valence-electron chi connectivity index (χ2n) is 7.12. The third-order valence-electron chi connectivity index (χ3n) is 4.80. The molecule has 0 radical (unpaired) electrons. The summed E-state index contributed by atoms with van der Waals surface area (Å²) in [6.07, 6.45) is -2.51. The van der Waals surface area contributed by atoms with Gasteiger partial charge < -0.3 is 20.6 Å². The molecular weight excluding hydrogens is 397 g/mol. The summed E-state index contributed by atoms with van der Waals surface area (Å²) >= 11 is 0. The van der Waals surface area contributed by atoms with Crippen molar-refractivity contribution in [1.29, 1.82) is 5.41 Å². The molecule has 0 spiro atoms. The first-order valence-corrected chi connectivity index (χ1v) is 9.53. The van der Waals surface area contributed by atoms with E-state index in [-0.39, 0.29) is 29.6 Å². The van der Waals surface area contributed by atoms with Crippen LogP contribution in [0.15, 0.2) is 42.5 Å². The van der Waals surface area contributed by atoms with Crippen LogP contribution >= 0.6 is 0 Å². The Morgan fingerprint density at radius 2 is 1.87 bits per heavy atom. The highest BCUT2D eigenvalue weighted by Gasteiger charge is 2.36. The number of carbonyl (C=O) groups is 1. The van der Waals surface area contributed by atoms with E-state index in [1.54, 1.807) is 24.3 Å². The first kappa shape index (κ1) is 23.4. The highest BCUT2D eigenvalue weighted by atomic mass is 19.4. The minimum absolute atomic E-state index is 0.0834. The molecule has 0 aliphatic carbocycles. The highest BCUT2D eigenvalue weighted by Crippen LogP contribution is 2.35. The van der Waals surface area contributed by atoms with Crippen molar-refractivity contribution in [1.82, 2.24) is 5.32 Å². The van der Waals surface area contributed by atoms with Crippen LogP contribution in [-0.4, -0.2) is 29.8 Å². The first-order chi connectivity index (χ1) is 14.1. The Labute approximate surface area is 173 Å². The zero-order valence-corrected chi connectivity index (χ0v) is 16.8. The fourth-order valence-electron chi connectivity index (χ4n) is 3.13. The number of hydrogen-bond acceptors (Lipinski definition) is 5. The number of benzene rings is 2. The lowest BCUT2D eigenvalue weighted by atomic mass is 9.97. The van der Waals surface area contributed by atoms with Crippen LogP contribution in [-0.2, 0) is 11.0 Å². The van der Waals surface area contributed by atoms with Crippen molar-refractivity contribution in [3.8, 4) is 11.5 Å². The van der Waals surface area contributed by atoms with Crippen molar-refractivity contribution in [2.75, 3.05) is 6.54 Å². The van der Waals surface area contributed by atoms with E-state index in [1.807, 2.05) is 13.8 Å². The van der Waals surface area contributed by atoms with Crippen molar-refractivity contribution in [3.63, 3.8) is 0 Å². The Balaban J connectivity index is 2.25. The van der Waals surface area contributed by atoms with Gasteiger partial charge in [-0.25, -0.2) is 0 Å². The van der Waals surface area contributed by atoms with Crippen molar-refractivity contribution in [3.05, 3.63) is 59.2 Å². The van der Waals surface area contributed by atoms with Gasteiger partial charge in [0.05, 0.1) is 5.56 Å². The number of aromatic hydroxyl groups is 1. The molecule has 162 valence electrons. The second-order valence-corrected chi connectivity index (χ2v) is 7.12. The predicted octanol–water partition coefficient (Wildman–Crippen LogP) is 4.88. The summed E-state index contributed by atoms with van der Waals surface area (Å²) in [4.78, 5) is 12.0. The van der Waals surface area contributed by atoms with Crippen LogP contribution in [0.5, 0.6) is 11.5 Å². The summed E-state index contributed by atoms with van der Waals surface area (Å²) in [5, 5.41) is 19.8. The van der Waals surface area contributed by atoms with Crippen molar-refractivity contribution < 1.29 is 27.8 Å². The van der Waals surface area contributed by atoms with Crippen molar-refractivity contribution in [2.24, 2.45) is 0 Å². The summed E-state index contributed by atoms with van der Waals surface area (Å²) in [6.45, 7) is 3.80. The van der Waals surface area contributed by atoms with Crippen molar-refractivity contribution >= 4 is 12.5 Å². The van der Waals surface area contributed by atoms with Crippen LogP contribution in [0.1, 0.15) is 49.4 Å². The molecule has 0 bridgehead atoms. The zero-order valence-electron chi connectivity index (χ0n) is 16.8. The quantitative estimate of drug-likeness (QED) is 0.377. The van der Waals surface area contributed by atoms with Gasteiger partial charge in [-0.15, -0.1) is 0 Å². The molecule has 3 N–H and O–H groups in total. The monoisotopic (exact) mass is 422 g/mol. The van der Waals surface area contributed by atoms with Crippen LogP contribution in [0.2, 0.25) is 0 Å². The summed E-state index contributed by atoms with van der Waals surface area (Å²) in [6, 6.07) is 9.68. The maximum Gasteiger partial charge on any atom is 0.417 e. The summed E-state index contributed by atoms with van der Waals surface area (Å²) in [5.74, 6) is 0.0453. The van der Waals surface area contributed by atoms with E-state index in [1.165, 1.54) is 6.07 Å². The Morgan fingerprint density at radius 1 is 1.20 bits per heavy atom. The first-order valence-electron chi connectivity index (χ1n) is 9.53. The van der Waals surface area contributed by atoms with Crippen LogP contribution in [0, 0.1) is 5.41 Å². The number of aldehydes is 1. The number of alkyl halides is 3. The molecule has 0 aliphatic heterocycles. The average molecular weight is 422 g/mol. The van der Waals surface area contributed by atoms with Gasteiger partial charge in [-0.1, -0.05) is 25.5 Å². The van der Waals surface area contributed by atoms with Crippen LogP contribution < -0.4 is 10.1 Å². The van der Waals surface area contributed by atoms with Gasteiger partial charge in [-0.2, -0.15) is 13.2 Å². The largest absolute Gasteiger partial charge is 0.508 e. The molecule has 0 heterocycles. The lowest BCUT2D eigenvalue weighted by molar-refractivity contribution is -0.137. The standard InChI is InChI=1S/C22H25F3N2O3/c1-3-10-21(14-28,13-27-15(2)16-4-7-18(29)8-5-16)30-19-9-6-17(12-26)20(11-19)22(23,24)25/h4-9,11-12,14-15,26-27,29H,3,10,13H2,1-2H3. The molecular formula is C22H25F3N2O3. The number of halogens is 3. The Bertz CT molecular complexity index is 869. The summed E-state index contributed by atoms with van der Waals surface area (Å²) in [7, 11) is 0. The van der Waals surface area contributed by atoms with E-state index < -0.39 is 17.3 Å². The van der Waals surface area contributed by atoms with Gasteiger partial charge in [-0.05, 0) is 49.2 Å². The van der Waals surface area contributed by atoms with Crippen LogP contribution in [0.4, 0.5) is 13.2 Å². The number of phenols is 1. The second kappa shape index (κ2) is 9.75. The number of nitrogens with one attached hydrogen (secondary N) is 2. The van der Waals surface area contributed by atoms with Gasteiger partial charge in [0.2, 0.25) is 0 Å².